The second-order valence-corrected chi connectivity index (χ2v) is 6.88. The van der Waals surface area contributed by atoms with E-state index in [0.717, 1.165) is 38.1 Å². The molecule has 2 aromatic rings. The lowest BCUT2D eigenvalue weighted by molar-refractivity contribution is 0.0291. The second kappa shape index (κ2) is 6.96. The van der Waals surface area contributed by atoms with Gasteiger partial charge in [0.2, 0.25) is 11.8 Å². The average Bonchev–Trinajstić information content (AvgIpc) is 3.33. The summed E-state index contributed by atoms with van der Waals surface area (Å²) in [6.45, 7) is 4.28. The maximum absolute atomic E-state index is 12.7. The number of carbonyl (C=O) groups excluding carboxylic acids is 1. The van der Waals surface area contributed by atoms with Crippen LogP contribution in [0.25, 0.3) is 11.5 Å². The molecule has 6 heteroatoms. The summed E-state index contributed by atoms with van der Waals surface area (Å²) in [5.74, 6) is 1.71. The molecular weight excluding hydrogens is 318 g/mol. The lowest BCUT2D eigenvalue weighted by Crippen LogP contribution is -2.41. The third kappa shape index (κ3) is 3.44. The van der Waals surface area contributed by atoms with Crippen molar-refractivity contribution in [2.24, 2.45) is 5.92 Å². The number of ether oxygens (including phenoxy) is 1. The summed E-state index contributed by atoms with van der Waals surface area (Å²) in [6.07, 6.45) is 4.84. The van der Waals surface area contributed by atoms with Crippen molar-refractivity contribution in [1.82, 2.24) is 15.1 Å². The van der Waals surface area contributed by atoms with Gasteiger partial charge in [0, 0.05) is 37.7 Å². The van der Waals surface area contributed by atoms with Crippen LogP contribution >= 0.6 is 0 Å². The Kier molecular flexibility index (Phi) is 4.53. The normalized spacial score (nSPS) is 21.6. The summed E-state index contributed by atoms with van der Waals surface area (Å²) in [7, 11) is 0. The van der Waals surface area contributed by atoms with Crippen LogP contribution in [-0.2, 0) is 4.74 Å². The topological polar surface area (TPSA) is 68.5 Å². The molecule has 2 saturated heterocycles. The first-order valence-corrected chi connectivity index (χ1v) is 9.02. The van der Waals surface area contributed by atoms with E-state index in [1.165, 1.54) is 12.8 Å². The van der Waals surface area contributed by atoms with Gasteiger partial charge in [0.15, 0.2) is 0 Å². The van der Waals surface area contributed by atoms with Crippen LogP contribution in [0.4, 0.5) is 0 Å². The van der Waals surface area contributed by atoms with Crippen LogP contribution in [0.15, 0.2) is 28.7 Å². The zero-order chi connectivity index (χ0) is 17.2. The lowest BCUT2D eigenvalue weighted by atomic mass is 9.89. The van der Waals surface area contributed by atoms with E-state index in [9.17, 15) is 4.79 Å². The summed E-state index contributed by atoms with van der Waals surface area (Å²) >= 11 is 0. The van der Waals surface area contributed by atoms with Crippen molar-refractivity contribution >= 4 is 5.91 Å². The van der Waals surface area contributed by atoms with Gasteiger partial charge >= 0.3 is 0 Å². The number of nitrogens with zero attached hydrogens (tertiary/aromatic N) is 3. The molecule has 2 aliphatic heterocycles. The van der Waals surface area contributed by atoms with Gasteiger partial charge in [-0.3, -0.25) is 4.79 Å². The Morgan fingerprint density at radius 1 is 1.12 bits per heavy atom. The number of carbonyl (C=O) groups is 1. The van der Waals surface area contributed by atoms with Gasteiger partial charge in [-0.25, -0.2) is 0 Å². The van der Waals surface area contributed by atoms with Gasteiger partial charge in [0.1, 0.15) is 0 Å². The molecule has 1 amide bonds. The minimum atomic E-state index is 0.0963. The highest BCUT2D eigenvalue weighted by Gasteiger charge is 2.31. The molecule has 0 bridgehead atoms. The quantitative estimate of drug-likeness (QED) is 0.858. The zero-order valence-electron chi connectivity index (χ0n) is 14.5. The number of benzene rings is 1. The molecule has 0 aliphatic carbocycles. The largest absolute Gasteiger partial charge is 0.421 e. The molecule has 1 unspecified atom stereocenters. The van der Waals surface area contributed by atoms with Crippen molar-refractivity contribution in [3.05, 3.63) is 35.7 Å². The van der Waals surface area contributed by atoms with Gasteiger partial charge < -0.3 is 14.1 Å². The van der Waals surface area contributed by atoms with Crippen LogP contribution in [0.2, 0.25) is 0 Å². The molecule has 6 nitrogen and oxygen atoms in total. The molecule has 2 aliphatic rings. The summed E-state index contributed by atoms with van der Waals surface area (Å²) in [4.78, 5) is 14.7. The molecule has 0 radical (unpaired) electrons. The molecule has 1 atom stereocenters. The van der Waals surface area contributed by atoms with E-state index in [1.807, 2.05) is 29.2 Å². The van der Waals surface area contributed by atoms with Gasteiger partial charge in [-0.15, -0.1) is 10.2 Å². The van der Waals surface area contributed by atoms with Crippen LogP contribution in [0.5, 0.6) is 0 Å². The number of hydrogen-bond donors (Lipinski definition) is 0. The minimum Gasteiger partial charge on any atom is -0.421 e. The third-order valence-electron chi connectivity index (χ3n) is 5.22. The Morgan fingerprint density at radius 2 is 1.88 bits per heavy atom. The lowest BCUT2D eigenvalue weighted by Gasteiger charge is -2.34. The predicted octanol–water partition coefficient (Wildman–Crippen LogP) is 3.08. The summed E-state index contributed by atoms with van der Waals surface area (Å²) in [5.41, 5.74) is 1.53. The molecular formula is C19H23N3O3. The maximum Gasteiger partial charge on any atom is 0.253 e. The standard InChI is InChI=1S/C19H23N3O3/c1-13-20-21-18(25-13)15-4-6-16(7-5-15)19(23)22-10-8-14(9-11-22)17-3-2-12-24-17/h4-7,14,17H,2-3,8-12H2,1H3. The number of likely N-dealkylation sites (tertiary alicyclic amines) is 1. The number of aryl methyl sites for hydroxylation is 1. The molecule has 132 valence electrons. The van der Waals surface area contributed by atoms with Gasteiger partial charge in [-0.05, 0) is 55.9 Å². The third-order valence-corrected chi connectivity index (χ3v) is 5.22. The highest BCUT2D eigenvalue weighted by Crippen LogP contribution is 2.29. The van der Waals surface area contributed by atoms with Crippen molar-refractivity contribution in [3.8, 4) is 11.5 Å². The van der Waals surface area contributed by atoms with Crippen molar-refractivity contribution < 1.29 is 13.9 Å². The Hall–Kier alpha value is -2.21. The number of hydrogen-bond acceptors (Lipinski definition) is 5. The van der Waals surface area contributed by atoms with Crippen LogP contribution < -0.4 is 0 Å². The zero-order valence-corrected chi connectivity index (χ0v) is 14.5. The van der Waals surface area contributed by atoms with E-state index in [0.29, 0.717) is 29.4 Å². The van der Waals surface area contributed by atoms with E-state index in [1.54, 1.807) is 6.92 Å². The smallest absolute Gasteiger partial charge is 0.253 e. The summed E-state index contributed by atoms with van der Waals surface area (Å²) in [6, 6.07) is 7.39. The number of rotatable bonds is 3. The Labute approximate surface area is 147 Å². The first kappa shape index (κ1) is 16.3. The molecule has 2 fully saturated rings. The summed E-state index contributed by atoms with van der Waals surface area (Å²) < 4.78 is 11.2. The van der Waals surface area contributed by atoms with Crippen molar-refractivity contribution in [1.29, 1.82) is 0 Å². The molecule has 0 N–H and O–H groups in total. The van der Waals surface area contributed by atoms with Crippen molar-refractivity contribution in [3.63, 3.8) is 0 Å². The fraction of sp³-hybridized carbons (Fsp3) is 0.526. The van der Waals surface area contributed by atoms with E-state index < -0.39 is 0 Å². The van der Waals surface area contributed by atoms with E-state index in [2.05, 4.69) is 10.2 Å². The van der Waals surface area contributed by atoms with Crippen LogP contribution in [0.3, 0.4) is 0 Å². The van der Waals surface area contributed by atoms with E-state index in [4.69, 9.17) is 9.15 Å². The molecule has 4 rings (SSSR count). The van der Waals surface area contributed by atoms with E-state index >= 15 is 0 Å². The Bertz CT molecular complexity index is 727. The number of amides is 1. The van der Waals surface area contributed by atoms with Crippen LogP contribution in [0, 0.1) is 12.8 Å². The van der Waals surface area contributed by atoms with Gasteiger partial charge in [-0.1, -0.05) is 0 Å². The Balaban J connectivity index is 1.38. The fourth-order valence-electron chi connectivity index (χ4n) is 3.80. The molecule has 25 heavy (non-hydrogen) atoms. The molecule has 1 aromatic heterocycles. The average molecular weight is 341 g/mol. The van der Waals surface area contributed by atoms with Crippen molar-refractivity contribution in [2.75, 3.05) is 19.7 Å². The summed E-state index contributed by atoms with van der Waals surface area (Å²) in [5, 5.41) is 7.83. The fourth-order valence-corrected chi connectivity index (χ4v) is 3.80. The van der Waals surface area contributed by atoms with Crippen molar-refractivity contribution in [2.45, 2.75) is 38.7 Å². The van der Waals surface area contributed by atoms with Gasteiger partial charge in [0.05, 0.1) is 6.10 Å². The van der Waals surface area contributed by atoms with Crippen LogP contribution in [-0.4, -0.2) is 46.8 Å². The highest BCUT2D eigenvalue weighted by molar-refractivity contribution is 5.94. The number of aromatic nitrogens is 2. The molecule has 0 spiro atoms. The minimum absolute atomic E-state index is 0.0963. The first-order valence-electron chi connectivity index (χ1n) is 9.02. The second-order valence-electron chi connectivity index (χ2n) is 6.88. The van der Waals surface area contributed by atoms with Gasteiger partial charge in [0.25, 0.3) is 5.91 Å². The maximum atomic E-state index is 12.7. The molecule has 1 aromatic carbocycles. The van der Waals surface area contributed by atoms with E-state index in [-0.39, 0.29) is 5.91 Å². The first-order chi connectivity index (χ1) is 12.2. The number of piperidine rings is 1. The molecule has 3 heterocycles. The highest BCUT2D eigenvalue weighted by atomic mass is 16.5. The Morgan fingerprint density at radius 3 is 2.48 bits per heavy atom. The monoisotopic (exact) mass is 341 g/mol. The van der Waals surface area contributed by atoms with Gasteiger partial charge in [-0.2, -0.15) is 0 Å². The predicted molar refractivity (Wildman–Crippen MR) is 92.1 cm³/mol. The van der Waals surface area contributed by atoms with Crippen LogP contribution in [0.1, 0.15) is 41.9 Å². The SMILES string of the molecule is Cc1nnc(-c2ccc(C(=O)N3CCC(C4CCCO4)CC3)cc2)o1. The molecule has 0 saturated carbocycles.